The highest BCUT2D eigenvalue weighted by Crippen LogP contribution is 2.26. The van der Waals surface area contributed by atoms with Gasteiger partial charge >= 0.3 is 5.97 Å². The number of carboxylic acid groups (broad SMARTS) is 1. The van der Waals surface area contributed by atoms with Crippen LogP contribution in [0.5, 0.6) is 5.88 Å². The normalized spacial score (nSPS) is 10.7. The average Bonchev–Trinajstić information content (AvgIpc) is 2.34. The highest BCUT2D eigenvalue weighted by molar-refractivity contribution is 5.96. The van der Waals surface area contributed by atoms with E-state index in [0.717, 1.165) is 28.5 Å². The second-order valence-corrected chi connectivity index (χ2v) is 4.64. The Hall–Kier alpha value is -2.10. The SMILES string of the molecule is CCCOc1nc2cc(C)cc(C)c2cc1C(=O)O. The Labute approximate surface area is 112 Å². The van der Waals surface area contributed by atoms with Gasteiger partial charge in [0, 0.05) is 5.39 Å². The molecule has 0 aliphatic rings. The van der Waals surface area contributed by atoms with E-state index in [9.17, 15) is 9.90 Å². The molecule has 0 amide bonds. The van der Waals surface area contributed by atoms with Crippen LogP contribution < -0.4 is 4.74 Å². The Morgan fingerprint density at radius 2 is 2.05 bits per heavy atom. The van der Waals surface area contributed by atoms with Crippen molar-refractivity contribution in [3.05, 3.63) is 34.9 Å². The minimum Gasteiger partial charge on any atom is -0.477 e. The van der Waals surface area contributed by atoms with E-state index in [2.05, 4.69) is 4.98 Å². The van der Waals surface area contributed by atoms with Gasteiger partial charge in [0.15, 0.2) is 0 Å². The number of hydrogen-bond acceptors (Lipinski definition) is 3. The quantitative estimate of drug-likeness (QED) is 0.914. The third-order valence-corrected chi connectivity index (χ3v) is 2.92. The van der Waals surface area contributed by atoms with Gasteiger partial charge < -0.3 is 9.84 Å². The van der Waals surface area contributed by atoms with Crippen LogP contribution in [0.2, 0.25) is 0 Å². The molecular formula is C15H17NO3. The predicted octanol–water partition coefficient (Wildman–Crippen LogP) is 3.34. The van der Waals surface area contributed by atoms with Crippen LogP contribution in [-0.4, -0.2) is 22.7 Å². The molecule has 0 atom stereocenters. The Morgan fingerprint density at radius 3 is 2.68 bits per heavy atom. The number of fused-ring (bicyclic) bond motifs is 1. The van der Waals surface area contributed by atoms with Gasteiger partial charge in [0.05, 0.1) is 12.1 Å². The number of carboxylic acids is 1. The lowest BCUT2D eigenvalue weighted by Crippen LogP contribution is -2.06. The Bertz CT molecular complexity index is 635. The van der Waals surface area contributed by atoms with Crippen LogP contribution in [0.1, 0.15) is 34.8 Å². The third kappa shape index (κ3) is 2.67. The maximum absolute atomic E-state index is 11.3. The van der Waals surface area contributed by atoms with E-state index >= 15 is 0 Å². The Kier molecular flexibility index (Phi) is 3.69. The second-order valence-electron chi connectivity index (χ2n) is 4.64. The van der Waals surface area contributed by atoms with Crippen molar-refractivity contribution in [1.29, 1.82) is 0 Å². The van der Waals surface area contributed by atoms with Crippen molar-refractivity contribution >= 4 is 16.9 Å². The Balaban J connectivity index is 2.65. The molecule has 19 heavy (non-hydrogen) atoms. The van der Waals surface area contributed by atoms with Gasteiger partial charge in [-0.2, -0.15) is 0 Å². The number of ether oxygens (including phenoxy) is 1. The summed E-state index contributed by atoms with van der Waals surface area (Å²) in [4.78, 5) is 15.6. The fourth-order valence-electron chi connectivity index (χ4n) is 2.07. The highest BCUT2D eigenvalue weighted by Gasteiger charge is 2.15. The zero-order chi connectivity index (χ0) is 14.0. The standard InChI is InChI=1S/C15H17NO3/c1-4-5-19-14-12(15(17)18)8-11-10(3)6-9(2)7-13(11)16-14/h6-8H,4-5H2,1-3H3,(H,17,18). The van der Waals surface area contributed by atoms with Crippen molar-refractivity contribution in [1.82, 2.24) is 4.98 Å². The Morgan fingerprint density at radius 1 is 1.32 bits per heavy atom. The second kappa shape index (κ2) is 5.26. The molecule has 0 aliphatic heterocycles. The largest absolute Gasteiger partial charge is 0.477 e. The highest BCUT2D eigenvalue weighted by atomic mass is 16.5. The molecule has 2 rings (SSSR count). The van der Waals surface area contributed by atoms with E-state index in [1.54, 1.807) is 6.07 Å². The molecule has 2 aromatic rings. The van der Waals surface area contributed by atoms with Crippen LogP contribution in [0.4, 0.5) is 0 Å². The average molecular weight is 259 g/mol. The minimum atomic E-state index is -1.01. The summed E-state index contributed by atoms with van der Waals surface area (Å²) in [6.45, 7) is 6.38. The van der Waals surface area contributed by atoms with Gasteiger partial charge in [-0.3, -0.25) is 0 Å². The molecule has 0 fully saturated rings. The van der Waals surface area contributed by atoms with E-state index in [1.165, 1.54) is 0 Å². The van der Waals surface area contributed by atoms with Crippen LogP contribution in [0, 0.1) is 13.8 Å². The van der Waals surface area contributed by atoms with Crippen molar-refractivity contribution in [2.45, 2.75) is 27.2 Å². The zero-order valence-electron chi connectivity index (χ0n) is 11.4. The molecular weight excluding hydrogens is 242 g/mol. The molecule has 0 unspecified atom stereocenters. The van der Waals surface area contributed by atoms with E-state index in [1.807, 2.05) is 32.9 Å². The number of pyridine rings is 1. The monoisotopic (exact) mass is 259 g/mol. The molecule has 0 saturated carbocycles. The first kappa shape index (κ1) is 13.3. The molecule has 0 radical (unpaired) electrons. The zero-order valence-corrected chi connectivity index (χ0v) is 11.4. The summed E-state index contributed by atoms with van der Waals surface area (Å²) >= 11 is 0. The lowest BCUT2D eigenvalue weighted by molar-refractivity contribution is 0.0691. The summed E-state index contributed by atoms with van der Waals surface area (Å²) < 4.78 is 5.44. The molecule has 1 heterocycles. The van der Waals surface area contributed by atoms with Crippen molar-refractivity contribution in [3.8, 4) is 5.88 Å². The first-order valence-electron chi connectivity index (χ1n) is 6.31. The van der Waals surface area contributed by atoms with Crippen molar-refractivity contribution in [3.63, 3.8) is 0 Å². The molecule has 0 aliphatic carbocycles. The van der Waals surface area contributed by atoms with E-state index in [-0.39, 0.29) is 11.4 Å². The molecule has 0 bridgehead atoms. The van der Waals surface area contributed by atoms with Crippen molar-refractivity contribution in [2.24, 2.45) is 0 Å². The summed E-state index contributed by atoms with van der Waals surface area (Å²) in [5, 5.41) is 10.1. The van der Waals surface area contributed by atoms with Crippen molar-refractivity contribution < 1.29 is 14.6 Å². The first-order valence-corrected chi connectivity index (χ1v) is 6.31. The van der Waals surface area contributed by atoms with Gasteiger partial charge in [0.1, 0.15) is 5.56 Å². The van der Waals surface area contributed by atoms with Gasteiger partial charge in [0.25, 0.3) is 0 Å². The van der Waals surface area contributed by atoms with Crippen molar-refractivity contribution in [2.75, 3.05) is 6.61 Å². The minimum absolute atomic E-state index is 0.118. The molecule has 1 N–H and O–H groups in total. The van der Waals surface area contributed by atoms with Crippen LogP contribution in [0.25, 0.3) is 10.9 Å². The van der Waals surface area contributed by atoms with Crippen LogP contribution in [0.15, 0.2) is 18.2 Å². The third-order valence-electron chi connectivity index (χ3n) is 2.92. The van der Waals surface area contributed by atoms with Gasteiger partial charge in [-0.15, -0.1) is 0 Å². The number of aromatic carboxylic acids is 1. The fourth-order valence-corrected chi connectivity index (χ4v) is 2.07. The summed E-state index contributed by atoms with van der Waals surface area (Å²) in [6.07, 6.45) is 0.811. The van der Waals surface area contributed by atoms with Gasteiger partial charge in [-0.25, -0.2) is 9.78 Å². The topological polar surface area (TPSA) is 59.4 Å². The molecule has 0 saturated heterocycles. The fraction of sp³-hybridized carbons (Fsp3) is 0.333. The first-order chi connectivity index (χ1) is 9.02. The maximum atomic E-state index is 11.3. The van der Waals surface area contributed by atoms with Gasteiger partial charge in [-0.1, -0.05) is 13.0 Å². The summed E-state index contributed by atoms with van der Waals surface area (Å²) in [6, 6.07) is 5.60. The number of benzene rings is 1. The molecule has 4 nitrogen and oxygen atoms in total. The smallest absolute Gasteiger partial charge is 0.341 e. The molecule has 1 aromatic carbocycles. The molecule has 1 aromatic heterocycles. The van der Waals surface area contributed by atoms with E-state index in [4.69, 9.17) is 4.74 Å². The number of nitrogens with zero attached hydrogens (tertiary/aromatic N) is 1. The van der Waals surface area contributed by atoms with E-state index < -0.39 is 5.97 Å². The summed E-state index contributed by atoms with van der Waals surface area (Å²) in [7, 11) is 0. The number of carbonyl (C=O) groups is 1. The summed E-state index contributed by atoms with van der Waals surface area (Å²) in [5.41, 5.74) is 3.01. The predicted molar refractivity (Wildman–Crippen MR) is 74.0 cm³/mol. The summed E-state index contributed by atoms with van der Waals surface area (Å²) in [5.74, 6) is -0.813. The lowest BCUT2D eigenvalue weighted by Gasteiger charge is -2.10. The number of rotatable bonds is 4. The van der Waals surface area contributed by atoms with Crippen LogP contribution in [-0.2, 0) is 0 Å². The van der Waals surface area contributed by atoms with Crippen LogP contribution in [0.3, 0.4) is 0 Å². The van der Waals surface area contributed by atoms with E-state index in [0.29, 0.717) is 6.61 Å². The molecule has 4 heteroatoms. The molecule has 100 valence electrons. The molecule has 0 spiro atoms. The van der Waals surface area contributed by atoms with Crippen LogP contribution >= 0.6 is 0 Å². The number of aryl methyl sites for hydroxylation is 2. The number of hydrogen-bond donors (Lipinski definition) is 1. The van der Waals surface area contributed by atoms with Gasteiger partial charge in [0.2, 0.25) is 5.88 Å². The lowest BCUT2D eigenvalue weighted by atomic mass is 10.0. The maximum Gasteiger partial charge on any atom is 0.341 e. The number of aromatic nitrogens is 1. The van der Waals surface area contributed by atoms with Gasteiger partial charge in [-0.05, 0) is 43.5 Å².